The van der Waals surface area contributed by atoms with E-state index < -0.39 is 18.2 Å². The van der Waals surface area contributed by atoms with Gasteiger partial charge in [0.15, 0.2) is 18.0 Å². The van der Waals surface area contributed by atoms with Gasteiger partial charge < -0.3 is 9.47 Å². The molecule has 0 radical (unpaired) electrons. The summed E-state index contributed by atoms with van der Waals surface area (Å²) in [4.78, 5) is 23.6. The Morgan fingerprint density at radius 1 is 1.33 bits per heavy atom. The second-order valence-corrected chi connectivity index (χ2v) is 5.03. The molecule has 0 heterocycles. The number of ketones is 1. The maximum Gasteiger partial charge on any atom is 0.347 e. The molecule has 0 aromatic heterocycles. The van der Waals surface area contributed by atoms with Gasteiger partial charge in [-0.05, 0) is 50.5 Å². The first kappa shape index (κ1) is 15.0. The molecule has 110 valence electrons. The fourth-order valence-corrected chi connectivity index (χ4v) is 2.17. The van der Waals surface area contributed by atoms with Crippen molar-refractivity contribution in [1.82, 2.24) is 0 Å². The summed E-state index contributed by atoms with van der Waals surface area (Å²) in [5.41, 5.74) is 0.519. The molecule has 5 nitrogen and oxygen atoms in total. The van der Waals surface area contributed by atoms with Gasteiger partial charge in [-0.3, -0.25) is 4.79 Å². The van der Waals surface area contributed by atoms with Gasteiger partial charge in [-0.1, -0.05) is 0 Å². The van der Waals surface area contributed by atoms with E-state index in [0.29, 0.717) is 24.2 Å². The predicted molar refractivity (Wildman–Crippen MR) is 74.6 cm³/mol. The summed E-state index contributed by atoms with van der Waals surface area (Å²) in [6, 6.07) is 8.46. The minimum atomic E-state index is -0.798. The minimum absolute atomic E-state index is 0.0137. The van der Waals surface area contributed by atoms with E-state index in [2.05, 4.69) is 0 Å². The number of nitriles is 1. The Hall–Kier alpha value is -2.35. The molecule has 1 fully saturated rings. The number of ether oxygens (including phenoxy) is 2. The van der Waals surface area contributed by atoms with Crippen molar-refractivity contribution in [3.05, 3.63) is 29.8 Å². The van der Waals surface area contributed by atoms with Crippen LogP contribution in [0.1, 0.15) is 38.2 Å². The lowest BCUT2D eigenvalue weighted by molar-refractivity contribution is -0.162. The standard InChI is InChI=1S/C16H17NO4/c1-11(20-13-8-6-12(10-17)7-9-13)16(19)21-15-5-3-2-4-14(15)18/h6-9,11,15H,2-5H2,1H3/t11-,15-/m1/s1. The number of nitrogens with zero attached hydrogens (tertiary/aromatic N) is 1. The zero-order valence-corrected chi connectivity index (χ0v) is 11.9. The highest BCUT2D eigenvalue weighted by atomic mass is 16.6. The van der Waals surface area contributed by atoms with Crippen molar-refractivity contribution < 1.29 is 19.1 Å². The van der Waals surface area contributed by atoms with Crippen molar-refractivity contribution >= 4 is 11.8 Å². The third kappa shape index (κ3) is 4.06. The van der Waals surface area contributed by atoms with E-state index in [1.54, 1.807) is 31.2 Å². The van der Waals surface area contributed by atoms with E-state index in [1.165, 1.54) is 0 Å². The number of hydrogen-bond acceptors (Lipinski definition) is 5. The normalized spacial score (nSPS) is 19.4. The molecular formula is C16H17NO4. The van der Waals surface area contributed by atoms with Crippen molar-refractivity contribution in [3.8, 4) is 11.8 Å². The molecule has 2 atom stereocenters. The molecule has 0 spiro atoms. The van der Waals surface area contributed by atoms with Crippen LogP contribution in [0.15, 0.2) is 24.3 Å². The fraction of sp³-hybridized carbons (Fsp3) is 0.438. The fourth-order valence-electron chi connectivity index (χ4n) is 2.17. The summed E-state index contributed by atoms with van der Waals surface area (Å²) in [5, 5.41) is 8.71. The Balaban J connectivity index is 1.89. The summed E-state index contributed by atoms with van der Waals surface area (Å²) >= 11 is 0. The first-order chi connectivity index (χ1) is 10.1. The SMILES string of the molecule is C[C@@H](Oc1ccc(C#N)cc1)C(=O)O[C@@H]1CCCCC1=O. The molecule has 1 aliphatic carbocycles. The number of rotatable bonds is 4. The van der Waals surface area contributed by atoms with Crippen LogP contribution in [-0.2, 0) is 14.3 Å². The summed E-state index contributed by atoms with van der Waals surface area (Å²) in [5.74, 6) is -0.0757. The van der Waals surface area contributed by atoms with E-state index in [1.807, 2.05) is 6.07 Å². The third-order valence-corrected chi connectivity index (χ3v) is 3.39. The first-order valence-electron chi connectivity index (χ1n) is 7.00. The quantitative estimate of drug-likeness (QED) is 0.795. The Morgan fingerprint density at radius 3 is 2.67 bits per heavy atom. The number of Topliss-reactive ketones (excluding diaryl/α,β-unsaturated/α-hetero) is 1. The van der Waals surface area contributed by atoms with Crippen LogP contribution in [0.5, 0.6) is 5.75 Å². The molecule has 1 saturated carbocycles. The summed E-state index contributed by atoms with van der Waals surface area (Å²) in [6.45, 7) is 1.58. The highest BCUT2D eigenvalue weighted by Gasteiger charge is 2.28. The Bertz CT molecular complexity index is 559. The molecule has 0 unspecified atom stereocenters. The molecule has 0 saturated heterocycles. The molecule has 0 aliphatic heterocycles. The smallest absolute Gasteiger partial charge is 0.347 e. The van der Waals surface area contributed by atoms with Crippen LogP contribution in [0.2, 0.25) is 0 Å². The van der Waals surface area contributed by atoms with E-state index in [9.17, 15) is 9.59 Å². The van der Waals surface area contributed by atoms with Crippen LogP contribution >= 0.6 is 0 Å². The lowest BCUT2D eigenvalue weighted by atomic mass is 9.96. The van der Waals surface area contributed by atoms with Crippen LogP contribution < -0.4 is 4.74 Å². The molecule has 1 aromatic carbocycles. The van der Waals surface area contributed by atoms with Crippen LogP contribution in [0, 0.1) is 11.3 Å². The average Bonchev–Trinajstić information content (AvgIpc) is 2.50. The topological polar surface area (TPSA) is 76.4 Å². The largest absolute Gasteiger partial charge is 0.479 e. The average molecular weight is 287 g/mol. The third-order valence-electron chi connectivity index (χ3n) is 3.39. The highest BCUT2D eigenvalue weighted by molar-refractivity contribution is 5.86. The van der Waals surface area contributed by atoms with Gasteiger partial charge in [-0.15, -0.1) is 0 Å². The van der Waals surface area contributed by atoms with Gasteiger partial charge in [0.2, 0.25) is 0 Å². The Kier molecular flexibility index (Phi) is 4.94. The zero-order chi connectivity index (χ0) is 15.2. The number of carbonyl (C=O) groups excluding carboxylic acids is 2. The second kappa shape index (κ2) is 6.89. The van der Waals surface area contributed by atoms with Gasteiger partial charge in [-0.2, -0.15) is 5.26 Å². The minimum Gasteiger partial charge on any atom is -0.479 e. The predicted octanol–water partition coefficient (Wildman–Crippen LogP) is 2.38. The molecule has 1 aromatic rings. The maximum absolute atomic E-state index is 11.9. The molecule has 21 heavy (non-hydrogen) atoms. The van der Waals surface area contributed by atoms with Crippen molar-refractivity contribution in [2.24, 2.45) is 0 Å². The lowest BCUT2D eigenvalue weighted by Gasteiger charge is -2.22. The monoisotopic (exact) mass is 287 g/mol. The first-order valence-corrected chi connectivity index (χ1v) is 7.00. The van der Waals surface area contributed by atoms with Crippen LogP contribution in [0.3, 0.4) is 0 Å². The van der Waals surface area contributed by atoms with Crippen LogP contribution in [0.25, 0.3) is 0 Å². The van der Waals surface area contributed by atoms with Crippen molar-refractivity contribution in [1.29, 1.82) is 5.26 Å². The lowest BCUT2D eigenvalue weighted by Crippen LogP contribution is -2.35. The van der Waals surface area contributed by atoms with E-state index in [0.717, 1.165) is 12.8 Å². The molecule has 1 aliphatic rings. The van der Waals surface area contributed by atoms with E-state index in [-0.39, 0.29) is 5.78 Å². The summed E-state index contributed by atoms with van der Waals surface area (Å²) in [6.07, 6.45) is 1.40. The van der Waals surface area contributed by atoms with Gasteiger partial charge >= 0.3 is 5.97 Å². The molecule has 0 amide bonds. The summed E-state index contributed by atoms with van der Waals surface area (Å²) in [7, 11) is 0. The van der Waals surface area contributed by atoms with Crippen LogP contribution in [0.4, 0.5) is 0 Å². The van der Waals surface area contributed by atoms with Crippen molar-refractivity contribution in [3.63, 3.8) is 0 Å². The number of hydrogen-bond donors (Lipinski definition) is 0. The molecular weight excluding hydrogens is 270 g/mol. The number of carbonyl (C=O) groups is 2. The Morgan fingerprint density at radius 2 is 2.05 bits per heavy atom. The highest BCUT2D eigenvalue weighted by Crippen LogP contribution is 2.19. The molecule has 0 bridgehead atoms. The second-order valence-electron chi connectivity index (χ2n) is 5.03. The molecule has 0 N–H and O–H groups in total. The number of benzene rings is 1. The number of esters is 1. The molecule has 2 rings (SSSR count). The van der Waals surface area contributed by atoms with Gasteiger partial charge in [0.1, 0.15) is 5.75 Å². The van der Waals surface area contributed by atoms with Crippen molar-refractivity contribution in [2.75, 3.05) is 0 Å². The molecule has 5 heteroatoms. The Labute approximate surface area is 123 Å². The van der Waals surface area contributed by atoms with E-state index in [4.69, 9.17) is 14.7 Å². The van der Waals surface area contributed by atoms with Gasteiger partial charge in [0.05, 0.1) is 11.6 Å². The van der Waals surface area contributed by atoms with Crippen LogP contribution in [-0.4, -0.2) is 24.0 Å². The van der Waals surface area contributed by atoms with E-state index >= 15 is 0 Å². The summed E-state index contributed by atoms with van der Waals surface area (Å²) < 4.78 is 10.7. The maximum atomic E-state index is 11.9. The zero-order valence-electron chi connectivity index (χ0n) is 11.9. The van der Waals surface area contributed by atoms with Crippen molar-refractivity contribution in [2.45, 2.75) is 44.8 Å². The van der Waals surface area contributed by atoms with Gasteiger partial charge in [0.25, 0.3) is 0 Å². The van der Waals surface area contributed by atoms with Gasteiger partial charge in [-0.25, -0.2) is 4.79 Å². The van der Waals surface area contributed by atoms with Gasteiger partial charge in [0, 0.05) is 6.42 Å².